The summed E-state index contributed by atoms with van der Waals surface area (Å²) in [7, 11) is -4.14. The lowest BCUT2D eigenvalue weighted by molar-refractivity contribution is 0.0369. The minimum Gasteiger partial charge on any atom is -0.490 e. The highest BCUT2D eigenvalue weighted by Crippen LogP contribution is 2.29. The van der Waals surface area contributed by atoms with Gasteiger partial charge in [0.05, 0.1) is 6.61 Å². The van der Waals surface area contributed by atoms with E-state index in [9.17, 15) is 13.2 Å². The van der Waals surface area contributed by atoms with E-state index < -0.39 is 10.1 Å². The van der Waals surface area contributed by atoms with Crippen LogP contribution in [0, 0.1) is 0 Å². The highest BCUT2D eigenvalue weighted by Gasteiger charge is 2.27. The van der Waals surface area contributed by atoms with Crippen LogP contribution in [0.25, 0.3) is 0 Å². The first kappa shape index (κ1) is 22.1. The lowest BCUT2D eigenvalue weighted by Crippen LogP contribution is -2.54. The first-order chi connectivity index (χ1) is 14.3. The summed E-state index contributed by atoms with van der Waals surface area (Å²) in [5.74, 6) is 0.0954. The molecule has 7 nitrogen and oxygen atoms in total. The predicted molar refractivity (Wildman–Crippen MR) is 114 cm³/mol. The summed E-state index contributed by atoms with van der Waals surface area (Å²) in [5.41, 5.74) is 3.18. The minimum absolute atomic E-state index is 0.0961. The van der Waals surface area contributed by atoms with Gasteiger partial charge in [-0.25, -0.2) is 5.01 Å². The average Bonchev–Trinajstić information content (AvgIpc) is 2.72. The van der Waals surface area contributed by atoms with E-state index in [2.05, 4.69) is 19.3 Å². The molecule has 162 valence electrons. The second-order valence-electron chi connectivity index (χ2n) is 7.42. The van der Waals surface area contributed by atoms with Gasteiger partial charge in [-0.15, -0.1) is 0 Å². The minimum atomic E-state index is -4.14. The van der Waals surface area contributed by atoms with Gasteiger partial charge in [-0.2, -0.15) is 8.42 Å². The Hall–Kier alpha value is -2.58. The van der Waals surface area contributed by atoms with Crippen LogP contribution in [0.1, 0.15) is 50.4 Å². The molecule has 8 heteroatoms. The lowest BCUT2D eigenvalue weighted by Gasteiger charge is -2.38. The molecule has 2 aromatic rings. The molecular formula is C22H28N2O5S. The Balaban J connectivity index is 1.79. The number of nitrogens with zero attached hydrogens (tertiary/aromatic N) is 1. The maximum absolute atomic E-state index is 12.8. The molecule has 2 aromatic carbocycles. The molecule has 30 heavy (non-hydrogen) atoms. The van der Waals surface area contributed by atoms with Crippen molar-refractivity contribution in [1.82, 2.24) is 10.4 Å². The third-order valence-corrected chi connectivity index (χ3v) is 6.39. The zero-order chi connectivity index (χ0) is 21.7. The summed E-state index contributed by atoms with van der Waals surface area (Å²) >= 11 is 0. The number of benzene rings is 2. The lowest BCUT2D eigenvalue weighted by atomic mass is 10.00. The highest BCUT2D eigenvalue weighted by molar-refractivity contribution is 7.87. The van der Waals surface area contributed by atoms with Gasteiger partial charge >= 0.3 is 10.1 Å². The number of hydrogen-bond donors (Lipinski definition) is 1. The third-order valence-electron chi connectivity index (χ3n) is 5.16. The van der Waals surface area contributed by atoms with Crippen molar-refractivity contribution in [3.8, 4) is 11.5 Å². The van der Waals surface area contributed by atoms with Gasteiger partial charge in [0.25, 0.3) is 5.91 Å². The first-order valence-electron chi connectivity index (χ1n) is 10.2. The fourth-order valence-corrected chi connectivity index (χ4v) is 4.56. The Morgan fingerprint density at radius 3 is 2.40 bits per heavy atom. The van der Waals surface area contributed by atoms with Crippen molar-refractivity contribution in [1.29, 1.82) is 0 Å². The number of piperidine rings is 1. The highest BCUT2D eigenvalue weighted by atomic mass is 32.2. The number of nitrogens with one attached hydrogen (secondary N) is 1. The Morgan fingerprint density at radius 1 is 1.07 bits per heavy atom. The standard InChI is InChI=1S/C22H28N2O5S/c1-4-28-20-13-5-6-14-21(20)29-30(26,27)19-12-8-11-18(15-19)22(25)23-24-16(2)9-7-10-17(24)3/h5-6,8,11-17H,4,7,9-10H2,1-3H3,(H,23,25)/t16-,17-/m1/s1. The van der Waals surface area contributed by atoms with Gasteiger partial charge in [0.1, 0.15) is 4.90 Å². The molecule has 0 spiro atoms. The van der Waals surface area contributed by atoms with E-state index in [1.807, 2.05) is 5.01 Å². The summed E-state index contributed by atoms with van der Waals surface area (Å²) in [4.78, 5) is 12.7. The number of carbonyl (C=O) groups is 1. The molecule has 1 N–H and O–H groups in total. The van der Waals surface area contributed by atoms with Crippen molar-refractivity contribution in [2.75, 3.05) is 6.61 Å². The number of carbonyl (C=O) groups excluding carboxylic acids is 1. The molecule has 1 heterocycles. The largest absolute Gasteiger partial charge is 0.490 e. The van der Waals surface area contributed by atoms with Crippen molar-refractivity contribution >= 4 is 16.0 Å². The molecular weight excluding hydrogens is 404 g/mol. The first-order valence-corrected chi connectivity index (χ1v) is 11.6. The van der Waals surface area contributed by atoms with Gasteiger partial charge in [0.15, 0.2) is 11.5 Å². The van der Waals surface area contributed by atoms with Gasteiger partial charge in [0.2, 0.25) is 0 Å². The van der Waals surface area contributed by atoms with Crippen LogP contribution in [-0.4, -0.2) is 38.0 Å². The van der Waals surface area contributed by atoms with Crippen molar-refractivity contribution in [3.05, 3.63) is 54.1 Å². The van der Waals surface area contributed by atoms with Crippen LogP contribution in [0.5, 0.6) is 11.5 Å². The fourth-order valence-electron chi connectivity index (χ4n) is 3.58. The van der Waals surface area contributed by atoms with Crippen LogP contribution in [0.3, 0.4) is 0 Å². The van der Waals surface area contributed by atoms with Crippen LogP contribution >= 0.6 is 0 Å². The van der Waals surface area contributed by atoms with Crippen LogP contribution in [0.4, 0.5) is 0 Å². The molecule has 0 saturated carbocycles. The van der Waals surface area contributed by atoms with Crippen molar-refractivity contribution in [2.45, 2.75) is 57.0 Å². The Kier molecular flexibility index (Phi) is 6.99. The Morgan fingerprint density at radius 2 is 1.73 bits per heavy atom. The van der Waals surface area contributed by atoms with Gasteiger partial charge in [-0.3, -0.25) is 10.2 Å². The maximum atomic E-state index is 12.8. The molecule has 0 unspecified atom stereocenters. The molecule has 0 aromatic heterocycles. The van der Waals surface area contributed by atoms with Crippen LogP contribution < -0.4 is 14.3 Å². The smallest absolute Gasteiger partial charge is 0.339 e. The monoisotopic (exact) mass is 432 g/mol. The van der Waals surface area contributed by atoms with Crippen LogP contribution in [0.15, 0.2) is 53.4 Å². The fraction of sp³-hybridized carbons (Fsp3) is 0.409. The van der Waals surface area contributed by atoms with E-state index >= 15 is 0 Å². The molecule has 1 aliphatic rings. The van der Waals surface area contributed by atoms with Crippen molar-refractivity contribution in [3.63, 3.8) is 0 Å². The van der Waals surface area contributed by atoms with E-state index in [0.717, 1.165) is 19.3 Å². The zero-order valence-corrected chi connectivity index (χ0v) is 18.3. The molecule has 0 bridgehead atoms. The van der Waals surface area contributed by atoms with Crippen LogP contribution in [-0.2, 0) is 10.1 Å². The molecule has 0 aliphatic carbocycles. The van der Waals surface area contributed by atoms with Gasteiger partial charge in [-0.1, -0.05) is 24.6 Å². The molecule has 0 radical (unpaired) electrons. The van der Waals surface area contributed by atoms with E-state index in [-0.39, 0.29) is 34.2 Å². The summed E-state index contributed by atoms with van der Waals surface area (Å²) < 4.78 is 36.3. The molecule has 1 saturated heterocycles. The summed E-state index contributed by atoms with van der Waals surface area (Å²) in [6.45, 7) is 6.32. The molecule has 3 rings (SSSR count). The number of hydrogen-bond acceptors (Lipinski definition) is 6. The molecule has 2 atom stereocenters. The normalized spacial score (nSPS) is 19.8. The maximum Gasteiger partial charge on any atom is 0.339 e. The quantitative estimate of drug-likeness (QED) is 0.671. The van der Waals surface area contributed by atoms with Crippen LogP contribution in [0.2, 0.25) is 0 Å². The Bertz CT molecular complexity index is 983. The second kappa shape index (κ2) is 9.49. The number of ether oxygens (including phenoxy) is 1. The summed E-state index contributed by atoms with van der Waals surface area (Å²) in [5, 5.41) is 1.95. The van der Waals surface area contributed by atoms with E-state index in [0.29, 0.717) is 12.4 Å². The Labute approximate surface area is 178 Å². The summed E-state index contributed by atoms with van der Waals surface area (Å²) in [6, 6.07) is 12.9. The SMILES string of the molecule is CCOc1ccccc1OS(=O)(=O)c1cccc(C(=O)NN2[C@H](C)CCC[C@H]2C)c1. The molecule has 1 amide bonds. The van der Waals surface area contributed by atoms with Crippen molar-refractivity contribution < 1.29 is 22.1 Å². The van der Waals surface area contributed by atoms with E-state index in [1.54, 1.807) is 31.2 Å². The zero-order valence-electron chi connectivity index (χ0n) is 17.5. The third kappa shape index (κ3) is 5.12. The predicted octanol–water partition coefficient (Wildman–Crippen LogP) is 3.76. The molecule has 1 aliphatic heterocycles. The number of rotatable bonds is 7. The van der Waals surface area contributed by atoms with Gasteiger partial charge in [0, 0.05) is 17.6 Å². The molecule has 1 fully saturated rings. The van der Waals surface area contributed by atoms with E-state index in [4.69, 9.17) is 8.92 Å². The number of amides is 1. The second-order valence-corrected chi connectivity index (χ2v) is 8.97. The number of hydrazine groups is 1. The van der Waals surface area contributed by atoms with Gasteiger partial charge < -0.3 is 8.92 Å². The topological polar surface area (TPSA) is 84.9 Å². The number of para-hydroxylation sites is 2. The summed E-state index contributed by atoms with van der Waals surface area (Å²) in [6.07, 6.45) is 3.14. The average molecular weight is 433 g/mol. The van der Waals surface area contributed by atoms with Gasteiger partial charge in [-0.05, 0) is 63.9 Å². The van der Waals surface area contributed by atoms with Crippen molar-refractivity contribution in [2.24, 2.45) is 0 Å². The van der Waals surface area contributed by atoms with E-state index in [1.165, 1.54) is 24.3 Å².